The molecule has 2 N–H and O–H groups in total. The summed E-state index contributed by atoms with van der Waals surface area (Å²) in [5.74, 6) is 0.852. The van der Waals surface area contributed by atoms with Crippen molar-refractivity contribution in [2.75, 3.05) is 13.6 Å². The van der Waals surface area contributed by atoms with E-state index < -0.39 is 0 Å². The van der Waals surface area contributed by atoms with Crippen molar-refractivity contribution in [1.82, 2.24) is 15.6 Å². The lowest BCUT2D eigenvalue weighted by Crippen LogP contribution is -2.37. The highest BCUT2D eigenvalue weighted by Gasteiger charge is 2.02. The zero-order valence-electron chi connectivity index (χ0n) is 9.91. The first kappa shape index (κ1) is 15.6. The number of aromatic nitrogens is 1. The number of nitrogens with one attached hydrogen (secondary N) is 2. The lowest BCUT2D eigenvalue weighted by Gasteiger charge is -2.10. The number of aliphatic imine (C=N–C) groups is 1. The molecule has 16 heavy (non-hydrogen) atoms. The predicted octanol–water partition coefficient (Wildman–Crippen LogP) is 2.14. The highest BCUT2D eigenvalue weighted by molar-refractivity contribution is 14.0. The second-order valence-electron chi connectivity index (χ2n) is 3.21. The van der Waals surface area contributed by atoms with E-state index in [1.54, 1.807) is 18.4 Å². The number of rotatable bonds is 4. The Labute approximate surface area is 118 Å². The van der Waals surface area contributed by atoms with Crippen LogP contribution in [-0.2, 0) is 6.54 Å². The van der Waals surface area contributed by atoms with Crippen LogP contribution in [0.4, 0.5) is 0 Å². The van der Waals surface area contributed by atoms with Gasteiger partial charge in [0.15, 0.2) is 5.96 Å². The van der Waals surface area contributed by atoms with Crippen LogP contribution in [0.2, 0.25) is 0 Å². The van der Waals surface area contributed by atoms with Gasteiger partial charge in [0, 0.05) is 18.5 Å². The Bertz CT molecular complexity index is 324. The predicted molar refractivity (Wildman–Crippen MR) is 80.8 cm³/mol. The monoisotopic (exact) mass is 354 g/mol. The number of halogens is 1. The maximum atomic E-state index is 4.20. The van der Waals surface area contributed by atoms with Crippen molar-refractivity contribution < 1.29 is 0 Å². The summed E-state index contributed by atoms with van der Waals surface area (Å²) < 4.78 is 0. The summed E-state index contributed by atoms with van der Waals surface area (Å²) in [5.41, 5.74) is 2.97. The molecule has 92 valence electrons. The molecule has 0 bridgehead atoms. The molecule has 1 aromatic heterocycles. The van der Waals surface area contributed by atoms with Gasteiger partial charge in [-0.05, 0) is 13.3 Å². The van der Waals surface area contributed by atoms with Crippen LogP contribution < -0.4 is 10.6 Å². The van der Waals surface area contributed by atoms with Crippen molar-refractivity contribution in [2.45, 2.75) is 26.8 Å². The summed E-state index contributed by atoms with van der Waals surface area (Å²) in [6.07, 6.45) is 1.10. The maximum Gasteiger partial charge on any atom is 0.191 e. The molecule has 0 radical (unpaired) electrons. The van der Waals surface area contributed by atoms with Crippen molar-refractivity contribution >= 4 is 41.3 Å². The molecular formula is C10H19IN4S. The Morgan fingerprint density at radius 2 is 2.25 bits per heavy atom. The highest BCUT2D eigenvalue weighted by atomic mass is 127. The number of thiazole rings is 1. The van der Waals surface area contributed by atoms with Crippen LogP contribution in [0.3, 0.4) is 0 Å². The van der Waals surface area contributed by atoms with Crippen LogP contribution >= 0.6 is 35.3 Å². The zero-order chi connectivity index (χ0) is 11.1. The molecule has 1 heterocycles. The van der Waals surface area contributed by atoms with Gasteiger partial charge in [0.05, 0.1) is 17.7 Å². The van der Waals surface area contributed by atoms with E-state index in [-0.39, 0.29) is 24.0 Å². The Morgan fingerprint density at radius 1 is 1.50 bits per heavy atom. The standard InChI is InChI=1S/C10H18N4S.HI/c1-4-5-12-10(11-3)13-6-9-8(2)14-7-15-9;/h7H,4-6H2,1-3H3,(H2,11,12,13);1H. The van der Waals surface area contributed by atoms with Crippen molar-refractivity contribution in [3.63, 3.8) is 0 Å². The minimum absolute atomic E-state index is 0. The number of nitrogens with zero attached hydrogens (tertiary/aromatic N) is 2. The van der Waals surface area contributed by atoms with Gasteiger partial charge < -0.3 is 10.6 Å². The fourth-order valence-electron chi connectivity index (χ4n) is 1.12. The summed E-state index contributed by atoms with van der Waals surface area (Å²) in [6.45, 7) is 5.89. The van der Waals surface area contributed by atoms with Gasteiger partial charge >= 0.3 is 0 Å². The molecule has 6 heteroatoms. The van der Waals surface area contributed by atoms with Gasteiger partial charge in [-0.25, -0.2) is 4.98 Å². The summed E-state index contributed by atoms with van der Waals surface area (Å²) in [6, 6.07) is 0. The van der Waals surface area contributed by atoms with Crippen molar-refractivity contribution in [1.29, 1.82) is 0 Å². The first-order valence-electron chi connectivity index (χ1n) is 5.11. The Balaban J connectivity index is 0.00000225. The van der Waals surface area contributed by atoms with Gasteiger partial charge in [-0.1, -0.05) is 6.92 Å². The molecule has 0 fully saturated rings. The lowest BCUT2D eigenvalue weighted by molar-refractivity contribution is 0.783. The molecule has 0 unspecified atom stereocenters. The SMILES string of the molecule is CCCNC(=NC)NCc1scnc1C.I. The smallest absolute Gasteiger partial charge is 0.191 e. The lowest BCUT2D eigenvalue weighted by atomic mass is 10.4. The van der Waals surface area contributed by atoms with Crippen LogP contribution in [0.25, 0.3) is 0 Å². The molecular weight excluding hydrogens is 335 g/mol. The molecule has 0 aliphatic rings. The van der Waals surface area contributed by atoms with Gasteiger partial charge in [-0.3, -0.25) is 4.99 Å². The van der Waals surface area contributed by atoms with E-state index in [9.17, 15) is 0 Å². The third-order valence-electron chi connectivity index (χ3n) is 2.03. The minimum Gasteiger partial charge on any atom is -0.356 e. The summed E-state index contributed by atoms with van der Waals surface area (Å²) >= 11 is 1.67. The molecule has 0 spiro atoms. The molecule has 0 amide bonds. The topological polar surface area (TPSA) is 49.3 Å². The van der Waals surface area contributed by atoms with Gasteiger partial charge in [0.25, 0.3) is 0 Å². The molecule has 0 saturated heterocycles. The van der Waals surface area contributed by atoms with Crippen molar-refractivity contribution in [2.24, 2.45) is 4.99 Å². The molecule has 0 aliphatic carbocycles. The Kier molecular flexibility index (Phi) is 8.54. The first-order chi connectivity index (χ1) is 7.27. The average molecular weight is 354 g/mol. The number of aryl methyl sites for hydroxylation is 1. The maximum absolute atomic E-state index is 4.20. The van der Waals surface area contributed by atoms with Gasteiger partial charge in [0.1, 0.15) is 0 Å². The largest absolute Gasteiger partial charge is 0.356 e. The van der Waals surface area contributed by atoms with E-state index in [1.165, 1.54) is 4.88 Å². The molecule has 0 aliphatic heterocycles. The summed E-state index contributed by atoms with van der Waals surface area (Å²) in [5, 5.41) is 6.48. The molecule has 0 saturated carbocycles. The van der Waals surface area contributed by atoms with E-state index in [4.69, 9.17) is 0 Å². The number of hydrogen-bond donors (Lipinski definition) is 2. The van der Waals surface area contributed by atoms with Crippen LogP contribution in [0.1, 0.15) is 23.9 Å². The fourth-order valence-corrected chi connectivity index (χ4v) is 1.84. The van der Waals surface area contributed by atoms with Crippen molar-refractivity contribution in [3.05, 3.63) is 16.1 Å². The second-order valence-corrected chi connectivity index (χ2v) is 4.15. The Hall–Kier alpha value is -0.370. The van der Waals surface area contributed by atoms with E-state index in [0.717, 1.165) is 31.2 Å². The Morgan fingerprint density at radius 3 is 2.75 bits per heavy atom. The summed E-state index contributed by atoms with van der Waals surface area (Å²) in [7, 11) is 1.78. The third-order valence-corrected chi connectivity index (χ3v) is 2.96. The molecule has 1 rings (SSSR count). The zero-order valence-corrected chi connectivity index (χ0v) is 13.1. The third kappa shape index (κ3) is 5.11. The van der Waals surface area contributed by atoms with Gasteiger partial charge in [0.2, 0.25) is 0 Å². The fraction of sp³-hybridized carbons (Fsp3) is 0.600. The van der Waals surface area contributed by atoms with Crippen LogP contribution in [0.5, 0.6) is 0 Å². The van der Waals surface area contributed by atoms with Crippen LogP contribution in [0, 0.1) is 6.92 Å². The minimum atomic E-state index is 0. The number of guanidine groups is 1. The van der Waals surface area contributed by atoms with E-state index in [2.05, 4.69) is 27.5 Å². The molecule has 0 aromatic carbocycles. The van der Waals surface area contributed by atoms with Gasteiger partial charge in [-0.15, -0.1) is 35.3 Å². The normalized spacial score (nSPS) is 10.8. The molecule has 1 aromatic rings. The molecule has 4 nitrogen and oxygen atoms in total. The van der Waals surface area contributed by atoms with Crippen LogP contribution in [0.15, 0.2) is 10.5 Å². The van der Waals surface area contributed by atoms with Crippen LogP contribution in [-0.4, -0.2) is 24.5 Å². The average Bonchev–Trinajstić information content (AvgIpc) is 2.65. The van der Waals surface area contributed by atoms with E-state index in [0.29, 0.717) is 0 Å². The molecule has 0 atom stereocenters. The van der Waals surface area contributed by atoms with E-state index >= 15 is 0 Å². The van der Waals surface area contributed by atoms with E-state index in [1.807, 2.05) is 12.4 Å². The quantitative estimate of drug-likeness (QED) is 0.495. The highest BCUT2D eigenvalue weighted by Crippen LogP contribution is 2.10. The second kappa shape index (κ2) is 8.74. The van der Waals surface area contributed by atoms with Gasteiger partial charge in [-0.2, -0.15) is 0 Å². The number of hydrogen-bond acceptors (Lipinski definition) is 3. The summed E-state index contributed by atoms with van der Waals surface area (Å²) in [4.78, 5) is 9.59. The van der Waals surface area contributed by atoms with Crippen molar-refractivity contribution in [3.8, 4) is 0 Å². The first-order valence-corrected chi connectivity index (χ1v) is 5.99.